The molecule has 0 saturated heterocycles. The Hall–Kier alpha value is -0.630. The second kappa shape index (κ2) is 11.5. The van der Waals surface area contributed by atoms with Crippen molar-refractivity contribution in [3.05, 3.63) is 28.8 Å². The van der Waals surface area contributed by atoms with Gasteiger partial charge in [-0.1, -0.05) is 114 Å². The van der Waals surface area contributed by atoms with Crippen molar-refractivity contribution in [1.82, 2.24) is 0 Å². The van der Waals surface area contributed by atoms with Gasteiger partial charge >= 0.3 is 8.60 Å². The summed E-state index contributed by atoms with van der Waals surface area (Å²) >= 11 is 0. The number of hydrogen-bond donors (Lipinski definition) is 1. The summed E-state index contributed by atoms with van der Waals surface area (Å²) in [4.78, 5) is 10.7. The van der Waals surface area contributed by atoms with Gasteiger partial charge in [-0.05, 0) is 34.1 Å². The smallest absolute Gasteiger partial charge is 0.394 e. The van der Waals surface area contributed by atoms with Crippen LogP contribution in [0.5, 0.6) is 5.75 Å². The topological polar surface area (TPSA) is 38.7 Å². The van der Waals surface area contributed by atoms with Crippen LogP contribution in [-0.2, 0) is 20.8 Å². The molecule has 0 bridgehead atoms. The van der Waals surface area contributed by atoms with Gasteiger partial charge in [0.25, 0.3) is 0 Å². The van der Waals surface area contributed by atoms with Crippen LogP contribution < -0.4 is 4.52 Å². The van der Waals surface area contributed by atoms with Crippen LogP contribution >= 0.6 is 8.60 Å². The van der Waals surface area contributed by atoms with E-state index in [4.69, 9.17) is 9.05 Å². The standard InChI is InChI=1S/C27H49O3P/c1-12-13-14-15-16-20(2)19-29-31(28)30-24-22(26(6,7)8)17-21(25(3,4)5)18-23(24)27(9,10)11/h17-18,20,28H,12-16,19H2,1-11H3. The molecule has 0 fully saturated rings. The molecule has 0 saturated carbocycles. The molecule has 1 rings (SSSR count). The second-order valence-electron chi connectivity index (χ2n) is 12.2. The third-order valence-electron chi connectivity index (χ3n) is 5.76. The van der Waals surface area contributed by atoms with E-state index in [0.29, 0.717) is 12.5 Å². The van der Waals surface area contributed by atoms with E-state index in [1.54, 1.807) is 0 Å². The summed E-state index contributed by atoms with van der Waals surface area (Å²) in [5.41, 5.74) is 3.36. The number of unbranched alkanes of at least 4 members (excludes halogenated alkanes) is 3. The predicted octanol–water partition coefficient (Wildman–Crippen LogP) is 8.80. The van der Waals surface area contributed by atoms with Gasteiger partial charge in [0.05, 0.1) is 6.61 Å². The fraction of sp³-hybridized carbons (Fsp3) is 0.778. The van der Waals surface area contributed by atoms with Crippen LogP contribution in [-0.4, -0.2) is 11.5 Å². The lowest BCUT2D eigenvalue weighted by Gasteiger charge is -2.33. The number of hydrogen-bond acceptors (Lipinski definition) is 3. The van der Waals surface area contributed by atoms with E-state index in [-0.39, 0.29) is 16.2 Å². The largest absolute Gasteiger partial charge is 0.426 e. The molecule has 3 nitrogen and oxygen atoms in total. The molecular formula is C27H49O3P. The normalized spacial score (nSPS) is 15.1. The van der Waals surface area contributed by atoms with Gasteiger partial charge < -0.3 is 13.9 Å². The first-order valence-corrected chi connectivity index (χ1v) is 13.2. The molecule has 1 N–H and O–H groups in total. The zero-order chi connectivity index (χ0) is 24.0. The van der Waals surface area contributed by atoms with Gasteiger partial charge in [-0.2, -0.15) is 0 Å². The Labute approximate surface area is 194 Å². The molecule has 4 heteroatoms. The molecule has 0 aliphatic rings. The van der Waals surface area contributed by atoms with Gasteiger partial charge in [-0.3, -0.25) is 0 Å². The van der Waals surface area contributed by atoms with Crippen LogP contribution in [0, 0.1) is 5.92 Å². The van der Waals surface area contributed by atoms with Crippen LogP contribution in [0.4, 0.5) is 0 Å². The molecule has 2 atom stereocenters. The Bertz CT molecular complexity index is 642. The van der Waals surface area contributed by atoms with Crippen LogP contribution in [0.25, 0.3) is 0 Å². The zero-order valence-corrected chi connectivity index (χ0v) is 23.1. The predicted molar refractivity (Wildman–Crippen MR) is 136 cm³/mol. The first-order valence-electron chi connectivity index (χ1n) is 12.1. The summed E-state index contributed by atoms with van der Waals surface area (Å²) in [6.07, 6.45) is 6.17. The average molecular weight is 453 g/mol. The molecule has 0 spiro atoms. The highest BCUT2D eigenvalue weighted by Gasteiger charge is 2.31. The SMILES string of the molecule is CCCCCCC(C)COP(O)Oc1c(C(C)(C)C)cc(C(C)(C)C)cc1C(C)(C)C. The van der Waals surface area contributed by atoms with E-state index in [1.807, 2.05) is 0 Å². The molecule has 0 radical (unpaired) electrons. The third kappa shape index (κ3) is 9.40. The van der Waals surface area contributed by atoms with Crippen molar-refractivity contribution in [2.75, 3.05) is 6.61 Å². The molecule has 0 heterocycles. The molecule has 0 aromatic heterocycles. The Kier molecular flexibility index (Phi) is 10.5. The lowest BCUT2D eigenvalue weighted by Crippen LogP contribution is -2.22. The van der Waals surface area contributed by atoms with Gasteiger partial charge in [-0.25, -0.2) is 0 Å². The Morgan fingerprint density at radius 1 is 0.839 bits per heavy atom. The summed E-state index contributed by atoms with van der Waals surface area (Å²) in [7, 11) is -1.98. The summed E-state index contributed by atoms with van der Waals surface area (Å²) in [5.74, 6) is 1.21. The molecule has 1 aromatic carbocycles. The van der Waals surface area contributed by atoms with E-state index in [2.05, 4.69) is 88.3 Å². The van der Waals surface area contributed by atoms with Gasteiger partial charge in [0.2, 0.25) is 0 Å². The molecule has 1 aromatic rings. The fourth-order valence-corrected chi connectivity index (χ4v) is 4.36. The molecule has 180 valence electrons. The minimum atomic E-state index is -1.98. The first-order chi connectivity index (χ1) is 14.1. The van der Waals surface area contributed by atoms with Crippen molar-refractivity contribution in [3.63, 3.8) is 0 Å². The molecule has 0 aliphatic carbocycles. The molecule has 2 unspecified atom stereocenters. The van der Waals surface area contributed by atoms with Gasteiger partial charge in [-0.15, -0.1) is 0 Å². The number of rotatable bonds is 10. The van der Waals surface area contributed by atoms with E-state index < -0.39 is 8.60 Å². The maximum Gasteiger partial charge on any atom is 0.394 e. The lowest BCUT2D eigenvalue weighted by molar-refractivity contribution is 0.214. The van der Waals surface area contributed by atoms with Crippen molar-refractivity contribution in [2.24, 2.45) is 5.92 Å². The monoisotopic (exact) mass is 452 g/mol. The third-order valence-corrected chi connectivity index (χ3v) is 6.47. The van der Waals surface area contributed by atoms with Gasteiger partial charge in [0, 0.05) is 11.1 Å². The average Bonchev–Trinajstić information content (AvgIpc) is 2.61. The van der Waals surface area contributed by atoms with E-state index in [9.17, 15) is 4.89 Å². The summed E-state index contributed by atoms with van der Waals surface area (Å²) < 4.78 is 12.0. The quantitative estimate of drug-likeness (QED) is 0.285. The zero-order valence-electron chi connectivity index (χ0n) is 22.2. The molecule has 0 aliphatic heterocycles. The Balaban J connectivity index is 3.11. The number of benzene rings is 1. The van der Waals surface area contributed by atoms with Crippen LogP contribution in [0.15, 0.2) is 12.1 Å². The Morgan fingerprint density at radius 3 is 1.77 bits per heavy atom. The minimum Gasteiger partial charge on any atom is -0.426 e. The highest BCUT2D eigenvalue weighted by molar-refractivity contribution is 7.41. The summed E-state index contributed by atoms with van der Waals surface area (Å²) in [6, 6.07) is 4.51. The van der Waals surface area contributed by atoms with Crippen molar-refractivity contribution in [1.29, 1.82) is 0 Å². The lowest BCUT2D eigenvalue weighted by atomic mass is 9.75. The molecular weight excluding hydrogens is 403 g/mol. The highest BCUT2D eigenvalue weighted by Crippen LogP contribution is 2.47. The van der Waals surface area contributed by atoms with Crippen molar-refractivity contribution in [3.8, 4) is 5.75 Å². The Morgan fingerprint density at radius 2 is 1.35 bits per heavy atom. The summed E-state index contributed by atoms with van der Waals surface area (Å²) in [5, 5.41) is 0. The van der Waals surface area contributed by atoms with Crippen molar-refractivity contribution in [2.45, 2.75) is 125 Å². The van der Waals surface area contributed by atoms with E-state index in [0.717, 1.165) is 23.3 Å². The van der Waals surface area contributed by atoms with Crippen LogP contribution in [0.2, 0.25) is 0 Å². The minimum absolute atomic E-state index is 0.0339. The molecule has 0 amide bonds. The van der Waals surface area contributed by atoms with Gasteiger partial charge in [0.15, 0.2) is 0 Å². The van der Waals surface area contributed by atoms with Crippen LogP contribution in [0.1, 0.15) is 125 Å². The highest BCUT2D eigenvalue weighted by atomic mass is 31.2. The second-order valence-corrected chi connectivity index (χ2v) is 13.1. The molecule has 31 heavy (non-hydrogen) atoms. The maximum atomic E-state index is 10.7. The van der Waals surface area contributed by atoms with E-state index in [1.165, 1.54) is 31.2 Å². The van der Waals surface area contributed by atoms with Gasteiger partial charge in [0.1, 0.15) is 5.75 Å². The van der Waals surface area contributed by atoms with Crippen LogP contribution in [0.3, 0.4) is 0 Å². The van der Waals surface area contributed by atoms with E-state index >= 15 is 0 Å². The fourth-order valence-electron chi connectivity index (χ4n) is 3.57. The first kappa shape index (κ1) is 28.4. The maximum absolute atomic E-state index is 10.7. The summed E-state index contributed by atoms with van der Waals surface area (Å²) in [6.45, 7) is 24.9. The van der Waals surface area contributed by atoms with Crippen molar-refractivity contribution < 1.29 is 13.9 Å². The van der Waals surface area contributed by atoms with Crippen molar-refractivity contribution >= 4 is 8.60 Å².